The van der Waals surface area contributed by atoms with E-state index in [0.29, 0.717) is 23.3 Å². The molecule has 2 rings (SSSR count). The molecule has 4 heteroatoms. The first kappa shape index (κ1) is 15.1. The third-order valence-electron chi connectivity index (χ3n) is 3.60. The molecule has 1 saturated carbocycles. The average molecular weight is 291 g/mol. The van der Waals surface area contributed by atoms with Gasteiger partial charge in [0.1, 0.15) is 4.88 Å². The molecule has 1 aliphatic rings. The van der Waals surface area contributed by atoms with Crippen molar-refractivity contribution in [3.05, 3.63) is 21.9 Å². The van der Waals surface area contributed by atoms with Crippen molar-refractivity contribution in [1.82, 2.24) is 5.32 Å². The molecule has 0 saturated heterocycles. The van der Waals surface area contributed by atoms with Gasteiger partial charge in [0, 0.05) is 18.0 Å². The summed E-state index contributed by atoms with van der Waals surface area (Å²) in [5.41, 5.74) is 0.768. The fourth-order valence-electron chi connectivity index (χ4n) is 2.61. The molecule has 0 bridgehead atoms. The van der Waals surface area contributed by atoms with E-state index in [1.807, 2.05) is 11.4 Å². The first-order valence-corrected chi connectivity index (χ1v) is 8.06. The van der Waals surface area contributed by atoms with Crippen molar-refractivity contribution in [2.45, 2.75) is 45.1 Å². The second-order valence-corrected chi connectivity index (χ2v) is 6.30. The topological polar surface area (TPSA) is 49.3 Å². The molecule has 2 unspecified atom stereocenters. The van der Waals surface area contributed by atoms with Gasteiger partial charge in [-0.05, 0) is 30.2 Å². The molecule has 1 aliphatic carbocycles. The van der Waals surface area contributed by atoms with E-state index in [9.17, 15) is 4.79 Å². The van der Waals surface area contributed by atoms with E-state index in [0.717, 1.165) is 18.4 Å². The second-order valence-electron chi connectivity index (χ2n) is 5.38. The Labute approximate surface area is 124 Å². The van der Waals surface area contributed by atoms with Gasteiger partial charge in [-0.2, -0.15) is 0 Å². The highest BCUT2D eigenvalue weighted by molar-refractivity contribution is 7.12. The predicted molar refractivity (Wildman–Crippen MR) is 81.8 cm³/mol. The first-order valence-electron chi connectivity index (χ1n) is 7.18. The van der Waals surface area contributed by atoms with Crippen molar-refractivity contribution in [3.8, 4) is 11.8 Å². The molecular weight excluding hydrogens is 270 g/mol. The minimum absolute atomic E-state index is 0.00704. The van der Waals surface area contributed by atoms with E-state index < -0.39 is 0 Å². The number of aliphatic hydroxyl groups is 1. The highest BCUT2D eigenvalue weighted by Crippen LogP contribution is 2.24. The highest BCUT2D eigenvalue weighted by Gasteiger charge is 2.22. The number of nitrogens with one attached hydrogen (secondary N) is 1. The van der Waals surface area contributed by atoms with Crippen molar-refractivity contribution in [2.75, 3.05) is 6.61 Å². The van der Waals surface area contributed by atoms with Gasteiger partial charge in [0.15, 0.2) is 0 Å². The summed E-state index contributed by atoms with van der Waals surface area (Å²) < 4.78 is 0. The van der Waals surface area contributed by atoms with Crippen LogP contribution in [0.25, 0.3) is 0 Å². The first-order chi connectivity index (χ1) is 9.70. The number of carbonyl (C=O) groups is 1. The number of carbonyl (C=O) groups excluding carboxylic acids is 1. The summed E-state index contributed by atoms with van der Waals surface area (Å²) in [5, 5.41) is 13.8. The van der Waals surface area contributed by atoms with Crippen LogP contribution in [-0.2, 0) is 0 Å². The van der Waals surface area contributed by atoms with E-state index in [4.69, 9.17) is 5.11 Å². The van der Waals surface area contributed by atoms with Crippen LogP contribution in [0.5, 0.6) is 0 Å². The fraction of sp³-hybridized carbons (Fsp3) is 0.562. The number of amides is 1. The molecule has 2 atom stereocenters. The van der Waals surface area contributed by atoms with Gasteiger partial charge < -0.3 is 10.4 Å². The Kier molecular flexibility index (Phi) is 5.63. The lowest BCUT2D eigenvalue weighted by Crippen LogP contribution is -2.37. The van der Waals surface area contributed by atoms with E-state index in [1.54, 1.807) is 0 Å². The van der Waals surface area contributed by atoms with Crippen molar-refractivity contribution >= 4 is 17.2 Å². The van der Waals surface area contributed by atoms with Crippen molar-refractivity contribution in [1.29, 1.82) is 0 Å². The molecule has 0 spiro atoms. The van der Waals surface area contributed by atoms with Crippen molar-refractivity contribution < 1.29 is 9.90 Å². The van der Waals surface area contributed by atoms with Gasteiger partial charge in [-0.3, -0.25) is 4.79 Å². The molecule has 0 aromatic carbocycles. The van der Waals surface area contributed by atoms with E-state index >= 15 is 0 Å². The molecule has 1 aromatic rings. The Morgan fingerprint density at radius 1 is 1.55 bits per heavy atom. The summed E-state index contributed by atoms with van der Waals surface area (Å²) >= 11 is 1.43. The Morgan fingerprint density at radius 3 is 3.15 bits per heavy atom. The van der Waals surface area contributed by atoms with Gasteiger partial charge in [-0.15, -0.1) is 11.3 Å². The summed E-state index contributed by atoms with van der Waals surface area (Å²) in [6, 6.07) is 2.17. The fourth-order valence-corrected chi connectivity index (χ4v) is 3.37. The van der Waals surface area contributed by atoms with Crippen LogP contribution in [0.4, 0.5) is 0 Å². The lowest BCUT2D eigenvalue weighted by Gasteiger charge is -2.27. The largest absolute Gasteiger partial charge is 0.395 e. The van der Waals surface area contributed by atoms with Crippen LogP contribution in [0.1, 0.15) is 54.3 Å². The van der Waals surface area contributed by atoms with E-state index in [1.165, 1.54) is 24.2 Å². The molecule has 3 nitrogen and oxygen atoms in total. The van der Waals surface area contributed by atoms with Gasteiger partial charge in [0.05, 0.1) is 6.61 Å². The smallest absolute Gasteiger partial charge is 0.262 e. The molecule has 0 aliphatic heterocycles. The van der Waals surface area contributed by atoms with Crippen LogP contribution in [0.3, 0.4) is 0 Å². The summed E-state index contributed by atoms with van der Waals surface area (Å²) in [6.07, 6.45) is 5.05. The number of hydrogen-bond acceptors (Lipinski definition) is 3. The third-order valence-corrected chi connectivity index (χ3v) is 4.52. The minimum Gasteiger partial charge on any atom is -0.395 e. The lowest BCUT2D eigenvalue weighted by atomic mass is 9.87. The van der Waals surface area contributed by atoms with Crippen LogP contribution >= 0.6 is 11.3 Å². The van der Waals surface area contributed by atoms with Gasteiger partial charge in [0.2, 0.25) is 0 Å². The summed E-state index contributed by atoms with van der Waals surface area (Å²) in [4.78, 5) is 13.0. The number of thiophene rings is 1. The number of hydrogen-bond donors (Lipinski definition) is 2. The maximum absolute atomic E-state index is 12.3. The summed E-state index contributed by atoms with van der Waals surface area (Å²) in [5.74, 6) is 6.52. The molecule has 0 radical (unpaired) electrons. The number of rotatable bonds is 3. The monoisotopic (exact) mass is 291 g/mol. The van der Waals surface area contributed by atoms with Gasteiger partial charge >= 0.3 is 0 Å². The Hall–Kier alpha value is -1.31. The molecule has 2 N–H and O–H groups in total. The molecule has 108 valence electrons. The molecular formula is C16H21NO2S. The zero-order chi connectivity index (χ0) is 14.4. The Bertz CT molecular complexity index is 512. The minimum atomic E-state index is -0.00704. The molecule has 20 heavy (non-hydrogen) atoms. The van der Waals surface area contributed by atoms with Gasteiger partial charge in [-0.25, -0.2) is 0 Å². The predicted octanol–water partition coefficient (Wildman–Crippen LogP) is 2.79. The van der Waals surface area contributed by atoms with Crippen LogP contribution in [-0.4, -0.2) is 23.7 Å². The number of aliphatic hydroxyl groups excluding tert-OH is 1. The van der Waals surface area contributed by atoms with Gasteiger partial charge in [0.25, 0.3) is 5.91 Å². The maximum atomic E-state index is 12.3. The van der Waals surface area contributed by atoms with Crippen LogP contribution in [0.15, 0.2) is 11.4 Å². The maximum Gasteiger partial charge on any atom is 0.262 e. The zero-order valence-electron chi connectivity index (χ0n) is 11.8. The zero-order valence-corrected chi connectivity index (χ0v) is 12.6. The van der Waals surface area contributed by atoms with E-state index in [2.05, 4.69) is 24.1 Å². The Balaban J connectivity index is 1.99. The van der Waals surface area contributed by atoms with Crippen LogP contribution in [0, 0.1) is 17.8 Å². The highest BCUT2D eigenvalue weighted by atomic mass is 32.1. The van der Waals surface area contributed by atoms with Crippen molar-refractivity contribution in [3.63, 3.8) is 0 Å². The van der Waals surface area contributed by atoms with Crippen LogP contribution in [0.2, 0.25) is 0 Å². The summed E-state index contributed by atoms with van der Waals surface area (Å²) in [7, 11) is 0. The van der Waals surface area contributed by atoms with Crippen molar-refractivity contribution in [2.24, 2.45) is 5.92 Å². The molecule has 1 aromatic heterocycles. The third kappa shape index (κ3) is 4.09. The standard InChI is InChI=1S/C16H21NO2S/c1-12-5-4-7-14(11-12)17-16(19)15-13(8-10-20-15)6-2-3-9-18/h8,10,12,14,18H,3-5,7,9,11H2,1H3,(H,17,19). The van der Waals surface area contributed by atoms with Crippen LogP contribution < -0.4 is 5.32 Å². The molecule has 1 amide bonds. The lowest BCUT2D eigenvalue weighted by molar-refractivity contribution is 0.0925. The second kappa shape index (κ2) is 7.47. The average Bonchev–Trinajstić information content (AvgIpc) is 2.87. The Morgan fingerprint density at radius 2 is 2.40 bits per heavy atom. The quantitative estimate of drug-likeness (QED) is 0.841. The molecule has 1 fully saturated rings. The SMILES string of the molecule is CC1CCCC(NC(=O)c2sccc2C#CCCO)C1. The molecule has 1 heterocycles. The normalized spacial score (nSPS) is 21.9. The van der Waals surface area contributed by atoms with Gasteiger partial charge in [-0.1, -0.05) is 31.6 Å². The summed E-state index contributed by atoms with van der Waals surface area (Å²) in [6.45, 7) is 2.30. The van der Waals surface area contributed by atoms with E-state index in [-0.39, 0.29) is 12.5 Å².